The number of hydrogen-bond donors (Lipinski definition) is 2. The van der Waals surface area contributed by atoms with Gasteiger partial charge in [-0.25, -0.2) is 5.43 Å². The maximum Gasteiger partial charge on any atom is 0.240 e. The molecule has 0 aromatic heterocycles. The first-order chi connectivity index (χ1) is 14.2. The van der Waals surface area contributed by atoms with Crippen molar-refractivity contribution < 1.29 is 9.90 Å². The molecule has 4 heteroatoms. The number of benzene rings is 1. The summed E-state index contributed by atoms with van der Waals surface area (Å²) in [6.07, 6.45) is 21.8. The highest BCUT2D eigenvalue weighted by atomic mass is 16.3. The van der Waals surface area contributed by atoms with Crippen LogP contribution < -0.4 is 5.43 Å². The lowest BCUT2D eigenvalue weighted by atomic mass is 10.0. The number of unbranched alkanes of at least 4 members (excludes halogenated alkanes) is 14. The molecule has 0 saturated heterocycles. The Bertz CT molecular complexity index is 558. The number of carbonyl (C=O) groups is 1. The highest BCUT2D eigenvalue weighted by Crippen LogP contribution is 2.14. The largest absolute Gasteiger partial charge is 0.507 e. The van der Waals surface area contributed by atoms with E-state index in [2.05, 4.69) is 17.5 Å². The Labute approximate surface area is 178 Å². The van der Waals surface area contributed by atoms with Crippen LogP contribution in [0.5, 0.6) is 5.75 Å². The van der Waals surface area contributed by atoms with Crippen molar-refractivity contribution >= 4 is 12.1 Å². The number of nitrogens with one attached hydrogen (secondary N) is 1. The fraction of sp³-hybridized carbons (Fsp3) is 0.680. The fourth-order valence-corrected chi connectivity index (χ4v) is 3.48. The molecule has 0 saturated carbocycles. The van der Waals surface area contributed by atoms with Crippen LogP contribution in [0, 0.1) is 0 Å². The zero-order chi connectivity index (χ0) is 21.0. The Hall–Kier alpha value is -1.84. The van der Waals surface area contributed by atoms with Crippen LogP contribution in [0.3, 0.4) is 0 Å². The summed E-state index contributed by atoms with van der Waals surface area (Å²) in [6.45, 7) is 2.27. The summed E-state index contributed by atoms with van der Waals surface area (Å²) in [7, 11) is 0. The molecule has 1 aromatic carbocycles. The third-order valence-corrected chi connectivity index (χ3v) is 5.34. The van der Waals surface area contributed by atoms with Crippen molar-refractivity contribution in [1.29, 1.82) is 0 Å². The van der Waals surface area contributed by atoms with Crippen LogP contribution in [0.2, 0.25) is 0 Å². The van der Waals surface area contributed by atoms with Gasteiger partial charge in [-0.3, -0.25) is 4.79 Å². The van der Waals surface area contributed by atoms with Gasteiger partial charge >= 0.3 is 0 Å². The van der Waals surface area contributed by atoms with Gasteiger partial charge < -0.3 is 5.11 Å². The van der Waals surface area contributed by atoms with Gasteiger partial charge in [-0.05, 0) is 18.6 Å². The first kappa shape index (κ1) is 25.2. The molecule has 29 heavy (non-hydrogen) atoms. The third kappa shape index (κ3) is 14.8. The molecule has 0 bridgehead atoms. The van der Waals surface area contributed by atoms with Crippen molar-refractivity contribution in [2.24, 2.45) is 5.10 Å². The van der Waals surface area contributed by atoms with Gasteiger partial charge in [0.1, 0.15) is 5.75 Å². The van der Waals surface area contributed by atoms with E-state index in [1.807, 2.05) is 6.07 Å². The van der Waals surface area contributed by atoms with E-state index in [1.165, 1.54) is 89.7 Å². The lowest BCUT2D eigenvalue weighted by Gasteiger charge is -2.03. The van der Waals surface area contributed by atoms with Crippen LogP contribution in [-0.2, 0) is 4.79 Å². The normalized spacial score (nSPS) is 11.2. The molecule has 0 aliphatic rings. The van der Waals surface area contributed by atoms with Crippen molar-refractivity contribution in [3.8, 4) is 5.75 Å². The van der Waals surface area contributed by atoms with E-state index in [-0.39, 0.29) is 11.7 Å². The summed E-state index contributed by atoms with van der Waals surface area (Å²) in [5.41, 5.74) is 3.12. The SMILES string of the molecule is CCCCCCCCCCCCCCCCCC(=O)NN=Cc1ccccc1O. The van der Waals surface area contributed by atoms with Crippen LogP contribution in [0.1, 0.15) is 115 Å². The van der Waals surface area contributed by atoms with Gasteiger partial charge in [0.15, 0.2) is 0 Å². The number of phenols is 1. The van der Waals surface area contributed by atoms with Gasteiger partial charge in [0, 0.05) is 12.0 Å². The van der Waals surface area contributed by atoms with Gasteiger partial charge in [0.05, 0.1) is 6.21 Å². The molecule has 0 spiro atoms. The second-order valence-electron chi connectivity index (χ2n) is 8.05. The molecule has 0 fully saturated rings. The predicted octanol–water partition coefficient (Wildman–Crippen LogP) is 7.10. The van der Waals surface area contributed by atoms with Gasteiger partial charge in [-0.2, -0.15) is 5.10 Å². The molecule has 0 radical (unpaired) electrons. The minimum Gasteiger partial charge on any atom is -0.507 e. The Morgan fingerprint density at radius 3 is 1.83 bits per heavy atom. The van der Waals surface area contributed by atoms with E-state index in [0.29, 0.717) is 12.0 Å². The molecule has 2 N–H and O–H groups in total. The smallest absolute Gasteiger partial charge is 0.240 e. The molecule has 0 aliphatic carbocycles. The number of rotatable bonds is 18. The lowest BCUT2D eigenvalue weighted by Crippen LogP contribution is -2.16. The first-order valence-electron chi connectivity index (χ1n) is 11.8. The van der Waals surface area contributed by atoms with Crippen LogP contribution in [-0.4, -0.2) is 17.2 Å². The first-order valence-corrected chi connectivity index (χ1v) is 11.8. The van der Waals surface area contributed by atoms with Crippen LogP contribution in [0.4, 0.5) is 0 Å². The predicted molar refractivity (Wildman–Crippen MR) is 123 cm³/mol. The number of phenolic OH excluding ortho intramolecular Hbond substituents is 1. The van der Waals surface area contributed by atoms with E-state index < -0.39 is 0 Å². The zero-order valence-electron chi connectivity index (χ0n) is 18.5. The fourth-order valence-electron chi connectivity index (χ4n) is 3.48. The summed E-state index contributed by atoms with van der Waals surface area (Å²) in [5.74, 6) is 0.0965. The van der Waals surface area contributed by atoms with E-state index in [9.17, 15) is 9.90 Å². The van der Waals surface area contributed by atoms with Gasteiger partial charge in [-0.15, -0.1) is 0 Å². The standard InChI is InChI=1S/C25H42N2O2/c1-2-3-4-5-6-7-8-9-10-11-12-13-14-15-16-21-25(29)27-26-22-23-19-17-18-20-24(23)28/h17-20,22,28H,2-16,21H2,1H3,(H,27,29). The van der Waals surface area contributed by atoms with E-state index in [4.69, 9.17) is 0 Å². The zero-order valence-corrected chi connectivity index (χ0v) is 18.5. The van der Waals surface area contributed by atoms with Gasteiger partial charge in [0.25, 0.3) is 0 Å². The van der Waals surface area contributed by atoms with E-state index in [1.54, 1.807) is 18.2 Å². The van der Waals surface area contributed by atoms with E-state index in [0.717, 1.165) is 12.8 Å². The number of carbonyl (C=O) groups excluding carboxylic acids is 1. The monoisotopic (exact) mass is 402 g/mol. The average Bonchev–Trinajstić information content (AvgIpc) is 2.72. The number of para-hydroxylation sites is 1. The Morgan fingerprint density at radius 2 is 1.31 bits per heavy atom. The lowest BCUT2D eigenvalue weighted by molar-refractivity contribution is -0.121. The summed E-state index contributed by atoms with van der Waals surface area (Å²) in [4.78, 5) is 11.8. The van der Waals surface area contributed by atoms with Crippen molar-refractivity contribution in [1.82, 2.24) is 5.43 Å². The number of hydrazone groups is 1. The van der Waals surface area contributed by atoms with Crippen molar-refractivity contribution in [3.05, 3.63) is 29.8 Å². The highest BCUT2D eigenvalue weighted by molar-refractivity contribution is 5.84. The van der Waals surface area contributed by atoms with Crippen LogP contribution in [0.25, 0.3) is 0 Å². The van der Waals surface area contributed by atoms with Crippen LogP contribution in [0.15, 0.2) is 29.4 Å². The molecule has 0 unspecified atom stereocenters. The maximum atomic E-state index is 11.8. The van der Waals surface area contributed by atoms with Gasteiger partial charge in [0.2, 0.25) is 5.91 Å². The second-order valence-corrected chi connectivity index (χ2v) is 8.05. The summed E-state index contributed by atoms with van der Waals surface area (Å²) in [6, 6.07) is 6.92. The molecule has 1 amide bonds. The summed E-state index contributed by atoms with van der Waals surface area (Å²) in [5, 5.41) is 13.5. The second kappa shape index (κ2) is 18.2. The van der Waals surface area contributed by atoms with Crippen LogP contribution >= 0.6 is 0 Å². The minimum absolute atomic E-state index is 0.0636. The number of hydrogen-bond acceptors (Lipinski definition) is 3. The minimum atomic E-state index is -0.0636. The molecule has 0 atom stereocenters. The third-order valence-electron chi connectivity index (χ3n) is 5.34. The Kier molecular flexibility index (Phi) is 15.8. The molecule has 1 rings (SSSR count). The molecule has 0 heterocycles. The average molecular weight is 403 g/mol. The van der Waals surface area contributed by atoms with Crippen molar-refractivity contribution in [2.45, 2.75) is 110 Å². The van der Waals surface area contributed by atoms with Crippen molar-refractivity contribution in [3.63, 3.8) is 0 Å². The summed E-state index contributed by atoms with van der Waals surface area (Å²) < 4.78 is 0. The Balaban J connectivity index is 1.85. The highest BCUT2D eigenvalue weighted by Gasteiger charge is 2.00. The van der Waals surface area contributed by atoms with Crippen molar-refractivity contribution in [2.75, 3.05) is 0 Å². The topological polar surface area (TPSA) is 61.7 Å². The maximum absolute atomic E-state index is 11.8. The number of aromatic hydroxyl groups is 1. The quantitative estimate of drug-likeness (QED) is 0.156. The molecule has 1 aromatic rings. The Morgan fingerprint density at radius 1 is 0.828 bits per heavy atom. The van der Waals surface area contributed by atoms with Gasteiger partial charge in [-0.1, -0.05) is 109 Å². The molecule has 164 valence electrons. The molecular formula is C25H42N2O2. The number of amides is 1. The molecule has 4 nitrogen and oxygen atoms in total. The number of nitrogens with zero attached hydrogens (tertiary/aromatic N) is 1. The van der Waals surface area contributed by atoms with E-state index >= 15 is 0 Å². The molecule has 0 aliphatic heterocycles. The summed E-state index contributed by atoms with van der Waals surface area (Å²) >= 11 is 0. The molecular weight excluding hydrogens is 360 g/mol.